The highest BCUT2D eigenvalue weighted by Crippen LogP contribution is 2.50. The summed E-state index contributed by atoms with van der Waals surface area (Å²) < 4.78 is 6.27. The van der Waals surface area contributed by atoms with Crippen molar-refractivity contribution >= 4 is 6.08 Å². The predicted octanol–water partition coefficient (Wildman–Crippen LogP) is 3.01. The number of phenols is 1. The van der Waals surface area contributed by atoms with Crippen molar-refractivity contribution in [2.45, 2.75) is 45.6 Å². The van der Waals surface area contributed by atoms with E-state index in [1.165, 1.54) is 0 Å². The monoisotopic (exact) mass is 260 g/mol. The molecule has 1 aromatic rings. The summed E-state index contributed by atoms with van der Waals surface area (Å²) in [6.45, 7) is 5.82. The van der Waals surface area contributed by atoms with E-state index < -0.39 is 0 Å². The minimum absolute atomic E-state index is 0.0204. The molecule has 0 radical (unpaired) electrons. The van der Waals surface area contributed by atoms with Crippen molar-refractivity contribution in [3.05, 3.63) is 27.8 Å². The van der Waals surface area contributed by atoms with Gasteiger partial charge in [-0.2, -0.15) is 0 Å². The number of hydrogen-bond donors (Lipinski definition) is 2. The predicted molar refractivity (Wildman–Crippen MR) is 74.6 cm³/mol. The molecule has 19 heavy (non-hydrogen) atoms. The van der Waals surface area contributed by atoms with Crippen molar-refractivity contribution in [1.82, 2.24) is 0 Å². The van der Waals surface area contributed by atoms with Gasteiger partial charge in [0.2, 0.25) is 0 Å². The molecule has 0 aromatic heterocycles. The number of aromatic hydroxyl groups is 1. The molecule has 3 heteroatoms. The molecule has 1 fully saturated rings. The van der Waals surface area contributed by atoms with Crippen LogP contribution in [0, 0.1) is 20.8 Å². The van der Waals surface area contributed by atoms with Crippen molar-refractivity contribution in [3.63, 3.8) is 0 Å². The summed E-state index contributed by atoms with van der Waals surface area (Å²) in [5.41, 5.74) is 4.28. The molecule has 0 amide bonds. The molecule has 2 N–H and O–H groups in total. The minimum Gasteiger partial charge on any atom is -0.507 e. The van der Waals surface area contributed by atoms with E-state index in [0.717, 1.165) is 52.8 Å². The van der Waals surface area contributed by atoms with E-state index in [2.05, 4.69) is 0 Å². The van der Waals surface area contributed by atoms with Crippen molar-refractivity contribution in [3.8, 4) is 11.5 Å². The van der Waals surface area contributed by atoms with E-state index in [4.69, 9.17) is 4.74 Å². The Bertz CT molecular complexity index is 580. The molecule has 0 unspecified atom stereocenters. The Morgan fingerprint density at radius 2 is 1.84 bits per heavy atom. The van der Waals surface area contributed by atoms with Gasteiger partial charge in [-0.3, -0.25) is 0 Å². The maximum Gasteiger partial charge on any atom is 0.133 e. The summed E-state index contributed by atoms with van der Waals surface area (Å²) in [6, 6.07) is 0. The van der Waals surface area contributed by atoms with E-state index in [-0.39, 0.29) is 12.2 Å². The summed E-state index contributed by atoms with van der Waals surface area (Å²) in [4.78, 5) is 0. The van der Waals surface area contributed by atoms with Crippen LogP contribution in [0.5, 0.6) is 11.5 Å². The smallest absolute Gasteiger partial charge is 0.133 e. The zero-order valence-corrected chi connectivity index (χ0v) is 11.7. The number of rotatable bonds is 1. The van der Waals surface area contributed by atoms with Crippen LogP contribution in [0.2, 0.25) is 0 Å². The molecule has 0 saturated heterocycles. The number of benzene rings is 1. The van der Waals surface area contributed by atoms with Crippen LogP contribution in [-0.2, 0) is 0 Å². The Morgan fingerprint density at radius 1 is 1.16 bits per heavy atom. The Balaban J connectivity index is 2.24. The average Bonchev–Trinajstić information content (AvgIpc) is 2.39. The fraction of sp³-hybridized carbons (Fsp3) is 0.500. The number of phenolic OH excluding ortho intramolecular Hbond substituents is 1. The summed E-state index contributed by atoms with van der Waals surface area (Å²) in [5, 5.41) is 19.7. The molecule has 1 heterocycles. The highest BCUT2D eigenvalue weighted by Gasteiger charge is 2.45. The normalized spacial score (nSPS) is 19.5. The lowest BCUT2D eigenvalue weighted by atomic mass is 9.72. The number of ether oxygens (including phenoxy) is 1. The third-order valence-corrected chi connectivity index (χ3v) is 4.79. The summed E-state index contributed by atoms with van der Waals surface area (Å²) in [6.07, 6.45) is 5.09. The standard InChI is InChI=1S/C16H20O3/c1-9-10(2)15-13(11(3)14(9)18)7-12(8-17)16(19-15)5-4-6-16/h7,17-18H,4-6,8H2,1-3H3. The molecule has 3 rings (SSSR count). The van der Waals surface area contributed by atoms with Crippen LogP contribution in [0.1, 0.15) is 41.5 Å². The maximum absolute atomic E-state index is 10.2. The fourth-order valence-electron chi connectivity index (χ4n) is 3.11. The first-order chi connectivity index (χ1) is 9.00. The molecule has 2 aliphatic rings. The van der Waals surface area contributed by atoms with Gasteiger partial charge in [0.1, 0.15) is 17.1 Å². The molecular weight excluding hydrogens is 240 g/mol. The molecule has 102 valence electrons. The van der Waals surface area contributed by atoms with Crippen LogP contribution in [0.4, 0.5) is 0 Å². The molecule has 1 spiro atoms. The van der Waals surface area contributed by atoms with Crippen LogP contribution >= 0.6 is 0 Å². The van der Waals surface area contributed by atoms with Crippen LogP contribution in [-0.4, -0.2) is 22.4 Å². The minimum atomic E-state index is -0.289. The highest BCUT2D eigenvalue weighted by molar-refractivity contribution is 5.73. The van der Waals surface area contributed by atoms with E-state index in [9.17, 15) is 10.2 Å². The average molecular weight is 260 g/mol. The molecule has 1 aliphatic carbocycles. The van der Waals surface area contributed by atoms with Crippen LogP contribution in [0.15, 0.2) is 5.57 Å². The Labute approximate surface area is 113 Å². The van der Waals surface area contributed by atoms with Crippen LogP contribution in [0.3, 0.4) is 0 Å². The van der Waals surface area contributed by atoms with E-state index in [1.54, 1.807) is 0 Å². The Hall–Kier alpha value is -1.48. The quantitative estimate of drug-likeness (QED) is 0.816. The second-order valence-electron chi connectivity index (χ2n) is 5.74. The first kappa shape index (κ1) is 12.5. The van der Waals surface area contributed by atoms with E-state index in [1.807, 2.05) is 26.8 Å². The zero-order chi connectivity index (χ0) is 13.8. The van der Waals surface area contributed by atoms with Crippen molar-refractivity contribution in [2.24, 2.45) is 0 Å². The molecule has 0 atom stereocenters. The zero-order valence-electron chi connectivity index (χ0n) is 11.7. The lowest BCUT2D eigenvalue weighted by Crippen LogP contribution is -2.47. The Morgan fingerprint density at radius 3 is 2.37 bits per heavy atom. The van der Waals surface area contributed by atoms with Gasteiger partial charge in [-0.05, 0) is 62.8 Å². The number of fused-ring (bicyclic) bond motifs is 1. The highest BCUT2D eigenvalue weighted by atomic mass is 16.5. The lowest BCUT2D eigenvalue weighted by molar-refractivity contribution is 0.0163. The Kier molecular flexibility index (Phi) is 2.65. The number of aliphatic hydroxyl groups excluding tert-OH is 1. The van der Waals surface area contributed by atoms with Gasteiger partial charge in [0, 0.05) is 11.1 Å². The third-order valence-electron chi connectivity index (χ3n) is 4.79. The molecule has 1 aliphatic heterocycles. The van der Waals surface area contributed by atoms with Crippen molar-refractivity contribution < 1.29 is 14.9 Å². The largest absolute Gasteiger partial charge is 0.507 e. The third kappa shape index (κ3) is 1.54. The van der Waals surface area contributed by atoms with Gasteiger partial charge in [0.15, 0.2) is 0 Å². The second kappa shape index (κ2) is 4.01. The molecule has 1 aromatic carbocycles. The topological polar surface area (TPSA) is 49.7 Å². The second-order valence-corrected chi connectivity index (χ2v) is 5.74. The van der Waals surface area contributed by atoms with Crippen LogP contribution < -0.4 is 4.74 Å². The summed E-state index contributed by atoms with van der Waals surface area (Å²) in [5.74, 6) is 1.21. The number of aliphatic hydroxyl groups is 1. The van der Waals surface area contributed by atoms with Gasteiger partial charge in [0.05, 0.1) is 6.61 Å². The van der Waals surface area contributed by atoms with E-state index in [0.29, 0.717) is 5.75 Å². The van der Waals surface area contributed by atoms with Crippen molar-refractivity contribution in [2.75, 3.05) is 6.61 Å². The summed E-state index contributed by atoms with van der Waals surface area (Å²) in [7, 11) is 0. The van der Waals surface area contributed by atoms with E-state index >= 15 is 0 Å². The fourth-order valence-corrected chi connectivity index (χ4v) is 3.11. The summed E-state index contributed by atoms with van der Waals surface area (Å²) >= 11 is 0. The van der Waals surface area contributed by atoms with Crippen LogP contribution in [0.25, 0.3) is 6.08 Å². The molecule has 1 saturated carbocycles. The molecular formula is C16H20O3. The lowest BCUT2D eigenvalue weighted by Gasteiger charge is -2.46. The van der Waals surface area contributed by atoms with Gasteiger partial charge in [-0.25, -0.2) is 0 Å². The van der Waals surface area contributed by atoms with Gasteiger partial charge in [-0.1, -0.05) is 0 Å². The van der Waals surface area contributed by atoms with Gasteiger partial charge >= 0.3 is 0 Å². The first-order valence-corrected chi connectivity index (χ1v) is 6.84. The molecule has 0 bridgehead atoms. The first-order valence-electron chi connectivity index (χ1n) is 6.84. The van der Waals surface area contributed by atoms with Gasteiger partial charge in [0.25, 0.3) is 0 Å². The van der Waals surface area contributed by atoms with Gasteiger partial charge < -0.3 is 14.9 Å². The molecule has 3 nitrogen and oxygen atoms in total. The van der Waals surface area contributed by atoms with Crippen molar-refractivity contribution in [1.29, 1.82) is 0 Å². The number of hydrogen-bond acceptors (Lipinski definition) is 3. The van der Waals surface area contributed by atoms with Gasteiger partial charge in [-0.15, -0.1) is 0 Å². The SMILES string of the molecule is Cc1c(C)c2c(c(C)c1O)C=C(CO)C1(CCC1)O2. The maximum atomic E-state index is 10.2.